The van der Waals surface area contributed by atoms with Crippen LogP contribution in [-0.2, 0) is 0 Å². The van der Waals surface area contributed by atoms with Gasteiger partial charge >= 0.3 is 0 Å². The van der Waals surface area contributed by atoms with Crippen LogP contribution in [0.5, 0.6) is 0 Å². The highest BCUT2D eigenvalue weighted by Gasteiger charge is 2.08. The molecule has 0 nitrogen and oxygen atoms in total. The van der Waals surface area contributed by atoms with Crippen molar-refractivity contribution >= 4 is 23.2 Å². The van der Waals surface area contributed by atoms with E-state index in [9.17, 15) is 4.39 Å². The molecule has 0 aliphatic carbocycles. The number of benzene rings is 2. The summed E-state index contributed by atoms with van der Waals surface area (Å²) in [5, 5.41) is 1.15. The maximum absolute atomic E-state index is 13.2. The van der Waals surface area contributed by atoms with Crippen LogP contribution in [-0.4, -0.2) is 0 Å². The molecule has 0 unspecified atom stereocenters. The molecule has 16 heavy (non-hydrogen) atoms. The average Bonchev–Trinajstić information content (AvgIpc) is 2.25. The van der Waals surface area contributed by atoms with Crippen LogP contribution in [0.25, 0.3) is 11.1 Å². The Bertz CT molecular complexity index is 486. The molecule has 0 radical (unpaired) electrons. The van der Waals surface area contributed by atoms with Gasteiger partial charge < -0.3 is 0 Å². The van der Waals surface area contributed by atoms with Crippen molar-refractivity contribution in [1.29, 1.82) is 0 Å². The van der Waals surface area contributed by atoms with Crippen molar-refractivity contribution in [1.82, 2.24) is 0 Å². The van der Waals surface area contributed by atoms with Crippen molar-refractivity contribution in [3.8, 4) is 11.1 Å². The molecule has 0 heterocycles. The Labute approximate surface area is 104 Å². The number of rotatable bonds is 1. The van der Waals surface area contributed by atoms with Crippen LogP contribution in [0.1, 0.15) is 5.56 Å². The van der Waals surface area contributed by atoms with E-state index >= 15 is 0 Å². The van der Waals surface area contributed by atoms with Crippen LogP contribution in [0.4, 0.5) is 4.39 Å². The van der Waals surface area contributed by atoms with Gasteiger partial charge in [0, 0.05) is 15.6 Å². The SMILES string of the molecule is Cc1ccc(F)cc1-c1cc(Cl)ccc1Cl. The maximum Gasteiger partial charge on any atom is 0.123 e. The lowest BCUT2D eigenvalue weighted by Crippen LogP contribution is -1.86. The van der Waals surface area contributed by atoms with Crippen molar-refractivity contribution in [2.45, 2.75) is 6.92 Å². The highest BCUT2D eigenvalue weighted by Crippen LogP contribution is 2.32. The van der Waals surface area contributed by atoms with Gasteiger partial charge in [-0.05, 0) is 48.4 Å². The standard InChI is InChI=1S/C13H9Cl2F/c1-8-2-4-10(16)7-11(8)12-6-9(14)3-5-13(12)15/h2-7H,1H3. The van der Waals surface area contributed by atoms with Crippen LogP contribution >= 0.6 is 23.2 Å². The van der Waals surface area contributed by atoms with Gasteiger partial charge in [-0.2, -0.15) is 0 Å². The lowest BCUT2D eigenvalue weighted by Gasteiger charge is -2.08. The third-order valence-corrected chi connectivity index (χ3v) is 2.98. The van der Waals surface area contributed by atoms with Crippen LogP contribution in [0.2, 0.25) is 10.0 Å². The van der Waals surface area contributed by atoms with E-state index in [4.69, 9.17) is 23.2 Å². The Morgan fingerprint density at radius 1 is 0.938 bits per heavy atom. The van der Waals surface area contributed by atoms with Crippen LogP contribution < -0.4 is 0 Å². The van der Waals surface area contributed by atoms with Gasteiger partial charge in [0.15, 0.2) is 0 Å². The summed E-state index contributed by atoms with van der Waals surface area (Å²) in [6.45, 7) is 1.91. The molecule has 82 valence electrons. The molecule has 0 N–H and O–H groups in total. The van der Waals surface area contributed by atoms with Gasteiger partial charge in [-0.15, -0.1) is 0 Å². The van der Waals surface area contributed by atoms with Gasteiger partial charge in [-0.3, -0.25) is 0 Å². The van der Waals surface area contributed by atoms with Crippen LogP contribution in [0, 0.1) is 12.7 Å². The minimum Gasteiger partial charge on any atom is -0.207 e. The van der Waals surface area contributed by atoms with Crippen molar-refractivity contribution in [3.63, 3.8) is 0 Å². The maximum atomic E-state index is 13.2. The summed E-state index contributed by atoms with van der Waals surface area (Å²) in [5.74, 6) is -0.281. The van der Waals surface area contributed by atoms with Crippen molar-refractivity contribution < 1.29 is 4.39 Å². The minimum atomic E-state index is -0.281. The third-order valence-electron chi connectivity index (χ3n) is 2.42. The predicted octanol–water partition coefficient (Wildman–Crippen LogP) is 5.11. The Morgan fingerprint density at radius 2 is 1.69 bits per heavy atom. The number of halogens is 3. The number of hydrogen-bond acceptors (Lipinski definition) is 0. The van der Waals surface area contributed by atoms with Gasteiger partial charge in [-0.1, -0.05) is 29.3 Å². The molecule has 0 saturated heterocycles. The molecule has 0 spiro atoms. The molecular formula is C13H9Cl2F. The lowest BCUT2D eigenvalue weighted by atomic mass is 10.0. The molecule has 0 fully saturated rings. The van der Waals surface area contributed by atoms with E-state index in [0.29, 0.717) is 10.0 Å². The largest absolute Gasteiger partial charge is 0.207 e. The van der Waals surface area contributed by atoms with E-state index in [-0.39, 0.29) is 5.82 Å². The molecule has 0 amide bonds. The molecule has 0 atom stereocenters. The summed E-state index contributed by atoms with van der Waals surface area (Å²) in [6, 6.07) is 9.78. The summed E-state index contributed by atoms with van der Waals surface area (Å²) in [5.41, 5.74) is 2.49. The summed E-state index contributed by atoms with van der Waals surface area (Å²) >= 11 is 12.0. The molecule has 3 heteroatoms. The van der Waals surface area contributed by atoms with Crippen molar-refractivity contribution in [3.05, 3.63) is 57.8 Å². The van der Waals surface area contributed by atoms with Gasteiger partial charge in [0.2, 0.25) is 0 Å². The molecule has 0 saturated carbocycles. The number of hydrogen-bond donors (Lipinski definition) is 0. The molecule has 2 aromatic carbocycles. The fourth-order valence-electron chi connectivity index (χ4n) is 1.59. The Hall–Kier alpha value is -1.05. The summed E-state index contributed by atoms with van der Waals surface area (Å²) in [4.78, 5) is 0. The highest BCUT2D eigenvalue weighted by atomic mass is 35.5. The van der Waals surface area contributed by atoms with Gasteiger partial charge in [0.25, 0.3) is 0 Å². The second-order valence-corrected chi connectivity index (χ2v) is 4.43. The first-order chi connectivity index (χ1) is 7.58. The Balaban J connectivity index is 2.66. The quantitative estimate of drug-likeness (QED) is 0.664. The minimum absolute atomic E-state index is 0.281. The average molecular weight is 255 g/mol. The van der Waals surface area contributed by atoms with Gasteiger partial charge in [0.05, 0.1) is 0 Å². The molecule has 0 aliphatic heterocycles. The monoisotopic (exact) mass is 254 g/mol. The van der Waals surface area contributed by atoms with E-state index in [1.165, 1.54) is 12.1 Å². The molecule has 0 aliphatic rings. The van der Waals surface area contributed by atoms with Crippen molar-refractivity contribution in [2.75, 3.05) is 0 Å². The second kappa shape index (κ2) is 4.44. The van der Waals surface area contributed by atoms with Gasteiger partial charge in [-0.25, -0.2) is 4.39 Å². The smallest absolute Gasteiger partial charge is 0.123 e. The molecular weight excluding hydrogens is 246 g/mol. The molecule has 0 bridgehead atoms. The summed E-state index contributed by atoms with van der Waals surface area (Å²) < 4.78 is 13.2. The summed E-state index contributed by atoms with van der Waals surface area (Å²) in [7, 11) is 0. The zero-order valence-electron chi connectivity index (χ0n) is 8.60. The number of aryl methyl sites for hydroxylation is 1. The predicted molar refractivity (Wildman–Crippen MR) is 66.6 cm³/mol. The fourth-order valence-corrected chi connectivity index (χ4v) is 1.98. The Kier molecular flexibility index (Phi) is 3.17. The first-order valence-corrected chi connectivity index (χ1v) is 5.55. The first-order valence-electron chi connectivity index (χ1n) is 4.79. The molecule has 2 rings (SSSR count). The zero-order valence-corrected chi connectivity index (χ0v) is 10.1. The van der Waals surface area contributed by atoms with E-state index < -0.39 is 0 Å². The fraction of sp³-hybridized carbons (Fsp3) is 0.0769. The lowest BCUT2D eigenvalue weighted by molar-refractivity contribution is 0.628. The van der Waals surface area contributed by atoms with E-state index in [1.807, 2.05) is 6.92 Å². The summed E-state index contributed by atoms with van der Waals surface area (Å²) in [6.07, 6.45) is 0. The van der Waals surface area contributed by atoms with E-state index in [2.05, 4.69) is 0 Å². The molecule has 2 aromatic rings. The van der Waals surface area contributed by atoms with E-state index in [1.54, 1.807) is 24.3 Å². The van der Waals surface area contributed by atoms with Gasteiger partial charge in [0.1, 0.15) is 5.82 Å². The highest BCUT2D eigenvalue weighted by molar-refractivity contribution is 6.35. The topological polar surface area (TPSA) is 0 Å². The zero-order chi connectivity index (χ0) is 11.7. The van der Waals surface area contributed by atoms with Crippen LogP contribution in [0.3, 0.4) is 0 Å². The normalized spacial score (nSPS) is 10.5. The van der Waals surface area contributed by atoms with Crippen LogP contribution in [0.15, 0.2) is 36.4 Å². The van der Waals surface area contributed by atoms with Crippen molar-refractivity contribution in [2.24, 2.45) is 0 Å². The second-order valence-electron chi connectivity index (χ2n) is 3.58. The molecule has 0 aromatic heterocycles. The third kappa shape index (κ3) is 2.21. The first kappa shape index (κ1) is 11.4. The van der Waals surface area contributed by atoms with E-state index in [0.717, 1.165) is 16.7 Å². The Morgan fingerprint density at radius 3 is 2.44 bits per heavy atom.